The first-order valence-electron chi connectivity index (χ1n) is 10.1. The van der Waals surface area contributed by atoms with Crippen LogP contribution < -0.4 is 5.32 Å². The van der Waals surface area contributed by atoms with Gasteiger partial charge in [0, 0.05) is 34.0 Å². The number of halogens is 1. The van der Waals surface area contributed by atoms with Crippen molar-refractivity contribution in [1.29, 1.82) is 0 Å². The molecule has 0 aliphatic rings. The molecule has 0 aliphatic heterocycles. The molecule has 32 heavy (non-hydrogen) atoms. The lowest BCUT2D eigenvalue weighted by Gasteiger charge is -2.10. The summed E-state index contributed by atoms with van der Waals surface area (Å²) in [6.45, 7) is 1.88. The van der Waals surface area contributed by atoms with Crippen molar-refractivity contribution in [3.05, 3.63) is 89.4 Å². The highest BCUT2D eigenvalue weighted by atomic mass is 35.5. The molecule has 0 unspecified atom stereocenters. The molecule has 0 bridgehead atoms. The maximum Gasteiger partial charge on any atom is 0.225 e. The molecular weight excluding hydrogens is 440 g/mol. The van der Waals surface area contributed by atoms with Crippen molar-refractivity contribution in [2.24, 2.45) is 0 Å². The number of amides is 1. The molecule has 5 nitrogen and oxygen atoms in total. The number of hydrogen-bond donors (Lipinski definition) is 1. The minimum atomic E-state index is -0.0833. The van der Waals surface area contributed by atoms with E-state index in [1.807, 2.05) is 79.7 Å². The van der Waals surface area contributed by atoms with Crippen molar-refractivity contribution in [2.75, 3.05) is 11.1 Å². The van der Waals surface area contributed by atoms with Gasteiger partial charge >= 0.3 is 0 Å². The van der Waals surface area contributed by atoms with Gasteiger partial charge < -0.3 is 5.32 Å². The summed E-state index contributed by atoms with van der Waals surface area (Å²) >= 11 is 7.53. The first-order chi connectivity index (χ1) is 15.6. The Balaban J connectivity index is 1.47. The lowest BCUT2D eigenvalue weighted by molar-refractivity contribution is -0.115. The summed E-state index contributed by atoms with van der Waals surface area (Å²) in [5.41, 5.74) is 5.01. The Morgan fingerprint density at radius 3 is 2.22 bits per heavy atom. The molecule has 160 valence electrons. The second kappa shape index (κ2) is 10.4. The van der Waals surface area contributed by atoms with Crippen molar-refractivity contribution < 1.29 is 4.79 Å². The van der Waals surface area contributed by atoms with Crippen LogP contribution in [0.25, 0.3) is 22.5 Å². The van der Waals surface area contributed by atoms with Gasteiger partial charge in [-0.1, -0.05) is 90.1 Å². The largest absolute Gasteiger partial charge is 0.326 e. The van der Waals surface area contributed by atoms with E-state index in [1.54, 1.807) is 6.07 Å². The van der Waals surface area contributed by atoms with Crippen LogP contribution in [0.5, 0.6) is 0 Å². The van der Waals surface area contributed by atoms with Gasteiger partial charge in [-0.2, -0.15) is 0 Å². The molecular formula is C25H21ClN4OS. The van der Waals surface area contributed by atoms with Gasteiger partial charge in [0.25, 0.3) is 0 Å². The first kappa shape index (κ1) is 22.0. The number of aromatic nitrogens is 3. The first-order valence-corrected chi connectivity index (χ1v) is 11.5. The summed E-state index contributed by atoms with van der Waals surface area (Å²) in [6, 6.07) is 25.3. The molecule has 1 N–H and O–H groups in total. The van der Waals surface area contributed by atoms with Crippen molar-refractivity contribution in [3.8, 4) is 22.5 Å². The van der Waals surface area contributed by atoms with Gasteiger partial charge in [-0.15, -0.1) is 10.2 Å². The average Bonchev–Trinajstić information content (AvgIpc) is 2.83. The standard InChI is InChI=1S/C25H21ClN4OS/c1-17-20(26)13-8-14-21(17)27-22(31)15-16-32-25-28-23(18-9-4-2-5-10-18)24(29-30-25)19-11-6-3-7-12-19/h2-14H,15-16H2,1H3,(H,27,31). The van der Waals surface area contributed by atoms with E-state index in [0.29, 0.717) is 22.4 Å². The molecule has 3 aromatic carbocycles. The predicted molar refractivity (Wildman–Crippen MR) is 131 cm³/mol. The molecule has 0 aliphatic carbocycles. The van der Waals surface area contributed by atoms with E-state index in [4.69, 9.17) is 16.6 Å². The number of nitrogens with zero attached hydrogens (tertiary/aromatic N) is 3. The molecule has 0 fully saturated rings. The summed E-state index contributed by atoms with van der Waals surface area (Å²) in [4.78, 5) is 17.1. The molecule has 0 saturated heterocycles. The van der Waals surface area contributed by atoms with Crippen LogP contribution in [0.4, 0.5) is 5.69 Å². The molecule has 0 spiro atoms. The number of carbonyl (C=O) groups excluding carboxylic acids is 1. The molecule has 4 rings (SSSR count). The highest BCUT2D eigenvalue weighted by Gasteiger charge is 2.14. The summed E-state index contributed by atoms with van der Waals surface area (Å²) in [6.07, 6.45) is 0.321. The second-order valence-electron chi connectivity index (χ2n) is 7.08. The molecule has 1 aromatic heterocycles. The average molecular weight is 461 g/mol. The fraction of sp³-hybridized carbons (Fsp3) is 0.120. The summed E-state index contributed by atoms with van der Waals surface area (Å²) in [5.74, 6) is 0.450. The van der Waals surface area contributed by atoms with Crippen molar-refractivity contribution in [2.45, 2.75) is 18.5 Å². The zero-order valence-electron chi connectivity index (χ0n) is 17.5. The quantitative estimate of drug-likeness (QED) is 0.328. The third kappa shape index (κ3) is 5.33. The van der Waals surface area contributed by atoms with E-state index in [9.17, 15) is 4.79 Å². The molecule has 1 heterocycles. The third-order valence-electron chi connectivity index (χ3n) is 4.86. The SMILES string of the molecule is Cc1c(Cl)cccc1NC(=O)CCSc1nnc(-c2ccccc2)c(-c2ccccc2)n1. The maximum atomic E-state index is 12.4. The highest BCUT2D eigenvalue weighted by Crippen LogP contribution is 2.30. The van der Waals surface area contributed by atoms with Crippen LogP contribution in [-0.4, -0.2) is 26.8 Å². The van der Waals surface area contributed by atoms with E-state index < -0.39 is 0 Å². The fourth-order valence-electron chi connectivity index (χ4n) is 3.15. The lowest BCUT2D eigenvalue weighted by Crippen LogP contribution is -2.13. The summed E-state index contributed by atoms with van der Waals surface area (Å²) in [5, 5.41) is 12.8. The topological polar surface area (TPSA) is 67.8 Å². The Kier molecular flexibility index (Phi) is 7.14. The maximum absolute atomic E-state index is 12.4. The number of thioether (sulfide) groups is 1. The van der Waals surface area contributed by atoms with Crippen molar-refractivity contribution in [3.63, 3.8) is 0 Å². The van der Waals surface area contributed by atoms with E-state index in [1.165, 1.54) is 11.8 Å². The van der Waals surface area contributed by atoms with Crippen LogP contribution in [0, 0.1) is 6.92 Å². The third-order valence-corrected chi connectivity index (χ3v) is 6.11. The fourth-order valence-corrected chi connectivity index (χ4v) is 4.05. The summed E-state index contributed by atoms with van der Waals surface area (Å²) in [7, 11) is 0. The Morgan fingerprint density at radius 1 is 0.875 bits per heavy atom. The molecule has 0 atom stereocenters. The van der Waals surface area contributed by atoms with Gasteiger partial charge in [0.2, 0.25) is 11.1 Å². The Morgan fingerprint density at radius 2 is 1.53 bits per heavy atom. The number of nitrogens with one attached hydrogen (secondary N) is 1. The van der Waals surface area contributed by atoms with Crippen LogP contribution >= 0.6 is 23.4 Å². The molecule has 1 amide bonds. The van der Waals surface area contributed by atoms with E-state index >= 15 is 0 Å². The zero-order valence-corrected chi connectivity index (χ0v) is 19.0. The highest BCUT2D eigenvalue weighted by molar-refractivity contribution is 7.99. The minimum absolute atomic E-state index is 0.0833. The predicted octanol–water partition coefficient (Wildman–Crippen LogP) is 6.29. The van der Waals surface area contributed by atoms with Gasteiger partial charge in [0.1, 0.15) is 11.4 Å². The Hall–Kier alpha value is -3.22. The van der Waals surface area contributed by atoms with Gasteiger partial charge in [0.15, 0.2) is 0 Å². The number of anilines is 1. The smallest absolute Gasteiger partial charge is 0.225 e. The van der Waals surface area contributed by atoms with Crippen molar-refractivity contribution in [1.82, 2.24) is 15.2 Å². The van der Waals surface area contributed by atoms with Crippen LogP contribution in [0.15, 0.2) is 84.0 Å². The van der Waals surface area contributed by atoms with E-state index in [0.717, 1.165) is 33.8 Å². The van der Waals surface area contributed by atoms with Gasteiger partial charge in [0.05, 0.1) is 0 Å². The number of carbonyl (C=O) groups is 1. The molecule has 0 radical (unpaired) electrons. The Labute approximate surface area is 196 Å². The minimum Gasteiger partial charge on any atom is -0.326 e. The zero-order chi connectivity index (χ0) is 22.3. The van der Waals surface area contributed by atoms with Crippen molar-refractivity contribution >= 4 is 35.0 Å². The van der Waals surface area contributed by atoms with Gasteiger partial charge in [-0.25, -0.2) is 4.98 Å². The van der Waals surface area contributed by atoms with Crippen LogP contribution in [0.2, 0.25) is 5.02 Å². The lowest BCUT2D eigenvalue weighted by atomic mass is 10.0. The molecule has 4 aromatic rings. The number of hydrogen-bond acceptors (Lipinski definition) is 5. The Bertz CT molecular complexity index is 1220. The van der Waals surface area contributed by atoms with Gasteiger partial charge in [-0.05, 0) is 24.6 Å². The number of rotatable bonds is 7. The normalized spacial score (nSPS) is 10.7. The molecule has 0 saturated carbocycles. The number of benzene rings is 3. The van der Waals surface area contributed by atoms with E-state index in [2.05, 4.69) is 15.5 Å². The van der Waals surface area contributed by atoms with Crippen LogP contribution in [0.1, 0.15) is 12.0 Å². The van der Waals surface area contributed by atoms with Gasteiger partial charge in [-0.3, -0.25) is 4.79 Å². The van der Waals surface area contributed by atoms with E-state index in [-0.39, 0.29) is 5.91 Å². The summed E-state index contributed by atoms with van der Waals surface area (Å²) < 4.78 is 0. The van der Waals surface area contributed by atoms with Crippen LogP contribution in [-0.2, 0) is 4.79 Å². The second-order valence-corrected chi connectivity index (χ2v) is 8.55. The van der Waals surface area contributed by atoms with Crippen LogP contribution in [0.3, 0.4) is 0 Å². The monoisotopic (exact) mass is 460 g/mol. The molecule has 7 heteroatoms.